The maximum atomic E-state index is 10.7. The second kappa shape index (κ2) is 5.09. The molecule has 0 amide bonds. The van der Waals surface area contributed by atoms with Gasteiger partial charge in [-0.05, 0) is 32.9 Å². The fourth-order valence-electron chi connectivity index (χ4n) is 1.79. The van der Waals surface area contributed by atoms with E-state index in [1.807, 2.05) is 24.7 Å². The highest BCUT2D eigenvalue weighted by Gasteiger charge is 2.10. The van der Waals surface area contributed by atoms with E-state index in [9.17, 15) is 10.1 Å². The molecule has 0 bridgehead atoms. The lowest BCUT2D eigenvalue weighted by Crippen LogP contribution is -2.00. The van der Waals surface area contributed by atoms with Crippen molar-refractivity contribution in [2.45, 2.75) is 26.8 Å². The van der Waals surface area contributed by atoms with Gasteiger partial charge >= 0.3 is 0 Å². The van der Waals surface area contributed by atoms with Gasteiger partial charge in [0.2, 0.25) is 0 Å². The first-order chi connectivity index (χ1) is 8.97. The van der Waals surface area contributed by atoms with Crippen molar-refractivity contribution >= 4 is 17.1 Å². The maximum Gasteiger partial charge on any atom is 0.272 e. The molecule has 1 aromatic heterocycles. The summed E-state index contributed by atoms with van der Waals surface area (Å²) in [7, 11) is 0. The molecule has 19 heavy (non-hydrogen) atoms. The van der Waals surface area contributed by atoms with Gasteiger partial charge in [-0.1, -0.05) is 0 Å². The summed E-state index contributed by atoms with van der Waals surface area (Å²) in [5, 5.41) is 18.1. The second-order valence-electron chi connectivity index (χ2n) is 4.69. The molecule has 0 radical (unpaired) electrons. The summed E-state index contributed by atoms with van der Waals surface area (Å²) in [4.78, 5) is 10.4. The molecule has 100 valence electrons. The van der Waals surface area contributed by atoms with Gasteiger partial charge in [0.05, 0.1) is 16.8 Å². The number of hydrogen-bond donors (Lipinski definition) is 1. The van der Waals surface area contributed by atoms with Gasteiger partial charge in [-0.2, -0.15) is 5.10 Å². The molecule has 0 unspecified atom stereocenters. The summed E-state index contributed by atoms with van der Waals surface area (Å²) in [6.07, 6.45) is 3.64. The molecule has 1 aromatic carbocycles. The minimum atomic E-state index is -0.379. The number of aryl methyl sites for hydroxylation is 1. The number of anilines is 2. The molecule has 0 fully saturated rings. The summed E-state index contributed by atoms with van der Waals surface area (Å²) in [5.41, 5.74) is 2.43. The van der Waals surface area contributed by atoms with Crippen LogP contribution in [0.3, 0.4) is 0 Å². The van der Waals surface area contributed by atoms with Gasteiger partial charge in [0.25, 0.3) is 5.69 Å². The standard InChI is InChI=1S/C13H16N4O2/c1-9(2)16-8-12(7-14-16)15-11-4-5-13(17(18)19)10(3)6-11/h4-9,15H,1-3H3. The molecule has 6 heteroatoms. The minimum Gasteiger partial charge on any atom is -0.353 e. The topological polar surface area (TPSA) is 73.0 Å². The van der Waals surface area contributed by atoms with Gasteiger partial charge in [0, 0.05) is 29.6 Å². The lowest BCUT2D eigenvalue weighted by molar-refractivity contribution is -0.385. The van der Waals surface area contributed by atoms with Crippen LogP contribution >= 0.6 is 0 Å². The quantitative estimate of drug-likeness (QED) is 0.675. The number of nitrogens with one attached hydrogen (secondary N) is 1. The van der Waals surface area contributed by atoms with Crippen molar-refractivity contribution in [3.8, 4) is 0 Å². The summed E-state index contributed by atoms with van der Waals surface area (Å²) < 4.78 is 1.85. The van der Waals surface area contributed by atoms with E-state index in [0.717, 1.165) is 11.4 Å². The molecule has 2 rings (SSSR count). The van der Waals surface area contributed by atoms with E-state index in [-0.39, 0.29) is 10.6 Å². The van der Waals surface area contributed by atoms with E-state index in [2.05, 4.69) is 10.4 Å². The van der Waals surface area contributed by atoms with Crippen molar-refractivity contribution in [1.29, 1.82) is 0 Å². The first kappa shape index (κ1) is 13.1. The Kier molecular flexibility index (Phi) is 3.50. The molecule has 1 N–H and O–H groups in total. The summed E-state index contributed by atoms with van der Waals surface area (Å²) in [5.74, 6) is 0. The van der Waals surface area contributed by atoms with E-state index in [1.165, 1.54) is 6.07 Å². The van der Waals surface area contributed by atoms with Crippen LogP contribution in [0, 0.1) is 17.0 Å². The van der Waals surface area contributed by atoms with Gasteiger partial charge in [-0.3, -0.25) is 14.8 Å². The largest absolute Gasteiger partial charge is 0.353 e. The molecule has 0 aliphatic heterocycles. The van der Waals surface area contributed by atoms with Crippen molar-refractivity contribution in [3.05, 3.63) is 46.3 Å². The highest BCUT2D eigenvalue weighted by molar-refractivity contribution is 5.61. The van der Waals surface area contributed by atoms with Crippen LogP contribution in [-0.2, 0) is 0 Å². The van der Waals surface area contributed by atoms with Crippen molar-refractivity contribution in [2.24, 2.45) is 0 Å². The Morgan fingerprint density at radius 2 is 2.11 bits per heavy atom. The van der Waals surface area contributed by atoms with E-state index in [0.29, 0.717) is 11.6 Å². The van der Waals surface area contributed by atoms with E-state index < -0.39 is 0 Å². The first-order valence-electron chi connectivity index (χ1n) is 6.03. The molecule has 0 atom stereocenters. The fourth-order valence-corrected chi connectivity index (χ4v) is 1.79. The first-order valence-corrected chi connectivity index (χ1v) is 6.03. The van der Waals surface area contributed by atoms with Gasteiger partial charge in [-0.25, -0.2) is 0 Å². The Bertz CT molecular complexity index is 604. The Morgan fingerprint density at radius 1 is 1.37 bits per heavy atom. The summed E-state index contributed by atoms with van der Waals surface area (Å²) in [6.45, 7) is 5.82. The minimum absolute atomic E-state index is 0.128. The number of rotatable bonds is 4. The zero-order valence-corrected chi connectivity index (χ0v) is 11.1. The highest BCUT2D eigenvalue weighted by Crippen LogP contribution is 2.24. The smallest absolute Gasteiger partial charge is 0.272 e. The third-order valence-electron chi connectivity index (χ3n) is 2.81. The van der Waals surface area contributed by atoms with Gasteiger partial charge in [-0.15, -0.1) is 0 Å². The van der Waals surface area contributed by atoms with E-state index in [1.54, 1.807) is 25.3 Å². The lowest BCUT2D eigenvalue weighted by atomic mass is 10.2. The Hall–Kier alpha value is -2.37. The molecule has 6 nitrogen and oxygen atoms in total. The number of aromatic nitrogens is 2. The van der Waals surface area contributed by atoms with Crippen LogP contribution in [0.25, 0.3) is 0 Å². The molecular weight excluding hydrogens is 244 g/mol. The molecule has 0 aliphatic rings. The van der Waals surface area contributed by atoms with Crippen molar-refractivity contribution in [1.82, 2.24) is 9.78 Å². The predicted molar refractivity (Wildman–Crippen MR) is 73.7 cm³/mol. The molecule has 0 saturated carbocycles. The van der Waals surface area contributed by atoms with Gasteiger partial charge in [0.15, 0.2) is 0 Å². The number of nitrogens with zero attached hydrogens (tertiary/aromatic N) is 3. The molecule has 0 aliphatic carbocycles. The van der Waals surface area contributed by atoms with Crippen LogP contribution < -0.4 is 5.32 Å². The Morgan fingerprint density at radius 3 is 2.63 bits per heavy atom. The van der Waals surface area contributed by atoms with Crippen LogP contribution in [0.2, 0.25) is 0 Å². The lowest BCUT2D eigenvalue weighted by Gasteiger charge is -2.06. The monoisotopic (exact) mass is 260 g/mol. The van der Waals surface area contributed by atoms with Crippen LogP contribution in [0.15, 0.2) is 30.6 Å². The average Bonchev–Trinajstić information content (AvgIpc) is 2.77. The second-order valence-corrected chi connectivity index (χ2v) is 4.69. The van der Waals surface area contributed by atoms with Crippen LogP contribution in [0.5, 0.6) is 0 Å². The molecule has 0 saturated heterocycles. The SMILES string of the molecule is Cc1cc(Nc2cnn(C(C)C)c2)ccc1[N+](=O)[O-]. The number of nitro groups is 1. The predicted octanol–water partition coefficient (Wildman–Crippen LogP) is 3.42. The molecule has 1 heterocycles. The zero-order valence-electron chi connectivity index (χ0n) is 11.1. The summed E-state index contributed by atoms with van der Waals surface area (Å²) in [6, 6.07) is 5.25. The van der Waals surface area contributed by atoms with E-state index in [4.69, 9.17) is 0 Å². The normalized spacial score (nSPS) is 10.7. The van der Waals surface area contributed by atoms with Gasteiger partial charge < -0.3 is 5.32 Å². The van der Waals surface area contributed by atoms with Crippen LogP contribution in [0.1, 0.15) is 25.5 Å². The highest BCUT2D eigenvalue weighted by atomic mass is 16.6. The van der Waals surface area contributed by atoms with Crippen LogP contribution in [-0.4, -0.2) is 14.7 Å². The van der Waals surface area contributed by atoms with Crippen molar-refractivity contribution in [2.75, 3.05) is 5.32 Å². The zero-order chi connectivity index (χ0) is 14.0. The average molecular weight is 260 g/mol. The van der Waals surface area contributed by atoms with Crippen molar-refractivity contribution < 1.29 is 4.92 Å². The molecule has 0 spiro atoms. The maximum absolute atomic E-state index is 10.7. The van der Waals surface area contributed by atoms with Crippen molar-refractivity contribution in [3.63, 3.8) is 0 Å². The Balaban J connectivity index is 2.19. The van der Waals surface area contributed by atoms with Gasteiger partial charge in [0.1, 0.15) is 0 Å². The molecule has 2 aromatic rings. The number of nitro benzene ring substituents is 1. The number of hydrogen-bond acceptors (Lipinski definition) is 4. The Labute approximate surface area is 111 Å². The fraction of sp³-hybridized carbons (Fsp3) is 0.308. The summed E-state index contributed by atoms with van der Waals surface area (Å²) >= 11 is 0. The van der Waals surface area contributed by atoms with Crippen LogP contribution in [0.4, 0.5) is 17.1 Å². The van der Waals surface area contributed by atoms with E-state index >= 15 is 0 Å². The number of benzene rings is 1. The molecular formula is C13H16N4O2. The third-order valence-corrected chi connectivity index (χ3v) is 2.81. The third kappa shape index (κ3) is 2.90.